The summed E-state index contributed by atoms with van der Waals surface area (Å²) >= 11 is 1.43. The van der Waals surface area contributed by atoms with Crippen LogP contribution in [0.2, 0.25) is 0 Å². The first-order valence-electron chi connectivity index (χ1n) is 13.4. The molecule has 226 valence electrons. The summed E-state index contributed by atoms with van der Waals surface area (Å²) in [7, 11) is -0.728. The van der Waals surface area contributed by atoms with E-state index in [9.17, 15) is 17.6 Å². The Morgan fingerprint density at radius 1 is 1.11 bits per heavy atom. The highest BCUT2D eigenvalue weighted by molar-refractivity contribution is 7.92. The average Bonchev–Trinajstić information content (AvgIpc) is 3.57. The predicted octanol–water partition coefficient (Wildman–Crippen LogP) is 4.88. The van der Waals surface area contributed by atoms with Crippen molar-refractivity contribution < 1.29 is 17.5 Å². The van der Waals surface area contributed by atoms with Gasteiger partial charge in [-0.25, -0.2) is 27.5 Å². The van der Waals surface area contributed by atoms with Gasteiger partial charge in [-0.05, 0) is 61.4 Å². The molecule has 0 spiro atoms. The molecule has 1 atom stereocenters. The first-order chi connectivity index (χ1) is 20.9. The zero-order valence-electron chi connectivity index (χ0n) is 24.4. The Hall–Kier alpha value is -4.82. The summed E-state index contributed by atoms with van der Waals surface area (Å²) < 4.78 is 49.1. The molecule has 0 radical (unpaired) electrons. The van der Waals surface area contributed by atoms with Gasteiger partial charge < -0.3 is 10.5 Å². The second-order valence-corrected chi connectivity index (χ2v) is 13.3. The number of aromatic nitrogens is 5. The Morgan fingerprint density at radius 2 is 1.89 bits per heavy atom. The van der Waals surface area contributed by atoms with Gasteiger partial charge in [0.15, 0.2) is 5.65 Å². The normalized spacial score (nSPS) is 12.6. The van der Waals surface area contributed by atoms with E-state index in [1.54, 1.807) is 39.4 Å². The number of methoxy groups -OCH3 is 1. The van der Waals surface area contributed by atoms with Crippen LogP contribution in [0.15, 0.2) is 65.0 Å². The fraction of sp³-hybridized carbons (Fsp3) is 0.200. The van der Waals surface area contributed by atoms with Crippen LogP contribution in [0.5, 0.6) is 5.75 Å². The van der Waals surface area contributed by atoms with E-state index in [1.165, 1.54) is 44.0 Å². The fourth-order valence-corrected chi connectivity index (χ4v) is 6.77. The van der Waals surface area contributed by atoms with Crippen molar-refractivity contribution in [2.75, 3.05) is 30.5 Å². The number of ether oxygens (including phenoxy) is 1. The fourth-order valence-electron chi connectivity index (χ4n) is 5.35. The third kappa shape index (κ3) is 4.75. The van der Waals surface area contributed by atoms with Crippen LogP contribution in [0, 0.1) is 12.7 Å². The van der Waals surface area contributed by atoms with Crippen LogP contribution >= 0.6 is 11.3 Å². The van der Waals surface area contributed by atoms with Gasteiger partial charge in [-0.15, -0.1) is 11.3 Å². The minimum absolute atomic E-state index is 0.173. The van der Waals surface area contributed by atoms with E-state index in [1.807, 2.05) is 25.3 Å². The maximum Gasteiger partial charge on any atom is 0.264 e. The number of nitrogens with two attached hydrogens (primary N) is 1. The van der Waals surface area contributed by atoms with Crippen molar-refractivity contribution in [1.82, 2.24) is 24.1 Å². The number of fused-ring (bicyclic) bond motifs is 2. The van der Waals surface area contributed by atoms with Crippen molar-refractivity contribution >= 4 is 48.7 Å². The van der Waals surface area contributed by atoms with Gasteiger partial charge in [0.1, 0.15) is 34.2 Å². The zero-order chi connectivity index (χ0) is 31.5. The van der Waals surface area contributed by atoms with Crippen LogP contribution in [0.25, 0.3) is 38.2 Å². The molecule has 0 aliphatic rings. The smallest absolute Gasteiger partial charge is 0.264 e. The summed E-state index contributed by atoms with van der Waals surface area (Å²) in [6, 6.07) is 12.3. The Labute approximate surface area is 256 Å². The lowest BCUT2D eigenvalue weighted by Gasteiger charge is -2.20. The highest BCUT2D eigenvalue weighted by atomic mass is 32.2. The van der Waals surface area contributed by atoms with Crippen LogP contribution < -0.4 is 20.3 Å². The van der Waals surface area contributed by atoms with Crippen molar-refractivity contribution in [3.05, 3.63) is 87.7 Å². The number of anilines is 2. The Morgan fingerprint density at radius 3 is 2.59 bits per heavy atom. The number of sulfonamides is 1. The molecule has 2 aromatic carbocycles. The monoisotopic (exact) mass is 633 g/mol. The number of pyridine rings is 1. The molecule has 0 amide bonds. The molecular weight excluding hydrogens is 606 g/mol. The van der Waals surface area contributed by atoms with Gasteiger partial charge in [0.2, 0.25) is 10.0 Å². The molecule has 14 heteroatoms. The van der Waals surface area contributed by atoms with Gasteiger partial charge in [-0.2, -0.15) is 5.10 Å². The lowest BCUT2D eigenvalue weighted by molar-refractivity contribution is 0.416. The zero-order valence-corrected chi connectivity index (χ0v) is 26.1. The first-order valence-corrected chi connectivity index (χ1v) is 16.1. The van der Waals surface area contributed by atoms with Gasteiger partial charge in [-0.1, -0.05) is 12.1 Å². The van der Waals surface area contributed by atoms with Crippen molar-refractivity contribution in [3.8, 4) is 28.1 Å². The molecule has 0 saturated carbocycles. The van der Waals surface area contributed by atoms with E-state index in [0.29, 0.717) is 50.4 Å². The lowest BCUT2D eigenvalue weighted by atomic mass is 9.97. The predicted molar refractivity (Wildman–Crippen MR) is 170 cm³/mol. The molecule has 11 nitrogen and oxygen atoms in total. The minimum Gasteiger partial charge on any atom is -0.495 e. The van der Waals surface area contributed by atoms with Crippen molar-refractivity contribution in [2.45, 2.75) is 19.9 Å². The molecule has 4 heterocycles. The molecule has 4 aromatic heterocycles. The first kappa shape index (κ1) is 29.3. The number of aryl methyl sites for hydroxylation is 1. The maximum absolute atomic E-state index is 14.4. The highest BCUT2D eigenvalue weighted by Gasteiger charge is 2.27. The van der Waals surface area contributed by atoms with Gasteiger partial charge in [0.25, 0.3) is 5.56 Å². The van der Waals surface area contributed by atoms with Crippen molar-refractivity contribution in [2.24, 2.45) is 0 Å². The number of halogens is 1. The molecule has 0 saturated heterocycles. The molecule has 2 N–H and O–H groups in total. The second kappa shape index (κ2) is 10.7. The molecule has 0 fully saturated rings. The number of hydrogen-bond donors (Lipinski definition) is 1. The summed E-state index contributed by atoms with van der Waals surface area (Å²) in [4.78, 5) is 23.4. The third-order valence-corrected chi connectivity index (χ3v) is 9.84. The molecule has 6 rings (SSSR count). The highest BCUT2D eigenvalue weighted by Crippen LogP contribution is 2.39. The number of nitrogen functional groups attached to an aromatic ring is 1. The number of rotatable bonds is 7. The van der Waals surface area contributed by atoms with Gasteiger partial charge in [-0.3, -0.25) is 13.5 Å². The lowest BCUT2D eigenvalue weighted by Crippen LogP contribution is -2.25. The largest absolute Gasteiger partial charge is 0.495 e. The van der Waals surface area contributed by atoms with E-state index >= 15 is 0 Å². The van der Waals surface area contributed by atoms with Gasteiger partial charge in [0.05, 0.1) is 36.0 Å². The standard InChI is InChI=1S/C30H28FN7O4S2/c1-16-14-43-24-13-21(25(30(39)37(16)24)18-7-6-8-20(31)11-18)17(2)38-29-26(28(32)33-15-34-29)27(35-38)19-9-10-23(42-4)22(12-19)36(3)44(5,40)41/h6-15,17H,1-5H3,(H2,32,33,34). The van der Waals surface area contributed by atoms with Crippen LogP contribution in [0.1, 0.15) is 24.2 Å². The van der Waals surface area contributed by atoms with Crippen LogP contribution in [0.4, 0.5) is 15.9 Å². The van der Waals surface area contributed by atoms with Crippen molar-refractivity contribution in [3.63, 3.8) is 0 Å². The van der Waals surface area contributed by atoms with E-state index < -0.39 is 21.9 Å². The molecule has 0 aliphatic heterocycles. The van der Waals surface area contributed by atoms with E-state index in [4.69, 9.17) is 15.6 Å². The quantitative estimate of drug-likeness (QED) is 0.263. The average molecular weight is 634 g/mol. The number of benzene rings is 2. The summed E-state index contributed by atoms with van der Waals surface area (Å²) in [6.45, 7) is 3.72. The molecular formula is C30H28FN7O4S2. The summed E-state index contributed by atoms with van der Waals surface area (Å²) in [5.41, 5.74) is 9.93. The number of thiazole rings is 1. The molecule has 1 unspecified atom stereocenters. The second-order valence-electron chi connectivity index (χ2n) is 10.4. The van der Waals surface area contributed by atoms with Crippen molar-refractivity contribution in [1.29, 1.82) is 0 Å². The summed E-state index contributed by atoms with van der Waals surface area (Å²) in [6.07, 6.45) is 2.43. The van der Waals surface area contributed by atoms with Gasteiger partial charge >= 0.3 is 0 Å². The number of nitrogens with zero attached hydrogens (tertiary/aromatic N) is 6. The minimum atomic E-state index is -3.62. The Balaban J connectivity index is 1.61. The van der Waals surface area contributed by atoms with E-state index in [2.05, 4.69) is 9.97 Å². The van der Waals surface area contributed by atoms with Crippen LogP contribution in [-0.2, 0) is 10.0 Å². The summed E-state index contributed by atoms with van der Waals surface area (Å²) in [5.74, 6) is 0.0594. The topological polar surface area (TPSA) is 138 Å². The summed E-state index contributed by atoms with van der Waals surface area (Å²) in [5, 5.41) is 7.27. The van der Waals surface area contributed by atoms with Gasteiger partial charge in [0, 0.05) is 23.7 Å². The molecule has 0 bridgehead atoms. The van der Waals surface area contributed by atoms with E-state index in [0.717, 1.165) is 21.1 Å². The van der Waals surface area contributed by atoms with Crippen LogP contribution in [-0.4, -0.2) is 53.0 Å². The van der Waals surface area contributed by atoms with E-state index in [-0.39, 0.29) is 11.4 Å². The molecule has 0 aliphatic carbocycles. The number of hydrogen-bond acceptors (Lipinski definition) is 9. The third-order valence-electron chi connectivity index (χ3n) is 7.65. The molecule has 44 heavy (non-hydrogen) atoms. The maximum atomic E-state index is 14.4. The van der Waals surface area contributed by atoms with Crippen LogP contribution in [0.3, 0.4) is 0 Å². The Kier molecular flexibility index (Phi) is 7.13. The Bertz CT molecular complexity index is 2260. The SMILES string of the molecule is COc1ccc(-c2nn(C(C)c3cc4scc(C)n4c(=O)c3-c3cccc(F)c3)c3ncnc(N)c23)cc1N(C)S(C)(=O)=O. The molecule has 6 aromatic rings.